The highest BCUT2D eigenvalue weighted by Gasteiger charge is 2.19. The van der Waals surface area contributed by atoms with Gasteiger partial charge in [-0.25, -0.2) is 0 Å². The maximum atomic E-state index is 11.4. The molecule has 0 aliphatic heterocycles. The Morgan fingerprint density at radius 1 is 1.12 bits per heavy atom. The third kappa shape index (κ3) is 3.00. The monoisotopic (exact) mass is 323 g/mol. The number of nitrogen functional groups attached to an aromatic ring is 1. The second-order valence-electron chi connectivity index (χ2n) is 5.24. The highest BCUT2D eigenvalue weighted by Crippen LogP contribution is 2.33. The highest BCUT2D eigenvalue weighted by atomic mass is 16.5. The van der Waals surface area contributed by atoms with Crippen molar-refractivity contribution in [2.45, 2.75) is 6.10 Å². The summed E-state index contributed by atoms with van der Waals surface area (Å²) in [6.45, 7) is 0. The lowest BCUT2D eigenvalue weighted by Crippen LogP contribution is -2.23. The summed E-state index contributed by atoms with van der Waals surface area (Å²) in [6, 6.07) is 14.6. The van der Waals surface area contributed by atoms with Gasteiger partial charge < -0.3 is 20.9 Å². The first kappa shape index (κ1) is 15.8. The molecule has 3 aromatic rings. The molecule has 2 aromatic carbocycles. The SMILES string of the molecule is COC(C(N)=O)c1cc(Oc2ccc(N)c3ccccc23)ccn1. The first-order chi connectivity index (χ1) is 11.6. The van der Waals surface area contributed by atoms with E-state index in [1.807, 2.05) is 24.3 Å². The smallest absolute Gasteiger partial charge is 0.252 e. The minimum Gasteiger partial charge on any atom is -0.457 e. The molecule has 0 bridgehead atoms. The van der Waals surface area contributed by atoms with Crippen molar-refractivity contribution in [3.05, 3.63) is 60.4 Å². The molecule has 1 aromatic heterocycles. The summed E-state index contributed by atoms with van der Waals surface area (Å²) >= 11 is 0. The van der Waals surface area contributed by atoms with Gasteiger partial charge in [-0.3, -0.25) is 9.78 Å². The van der Waals surface area contributed by atoms with Crippen LogP contribution < -0.4 is 16.2 Å². The molecule has 1 atom stereocenters. The molecule has 0 radical (unpaired) electrons. The van der Waals surface area contributed by atoms with Crippen molar-refractivity contribution in [3.63, 3.8) is 0 Å². The van der Waals surface area contributed by atoms with Gasteiger partial charge in [0.05, 0.1) is 5.69 Å². The van der Waals surface area contributed by atoms with Crippen LogP contribution in [-0.2, 0) is 9.53 Å². The van der Waals surface area contributed by atoms with E-state index in [1.165, 1.54) is 7.11 Å². The van der Waals surface area contributed by atoms with E-state index in [0.29, 0.717) is 22.9 Å². The number of nitrogens with two attached hydrogens (primary N) is 2. The van der Waals surface area contributed by atoms with Crippen LogP contribution in [0.25, 0.3) is 10.8 Å². The third-order valence-electron chi connectivity index (χ3n) is 3.66. The van der Waals surface area contributed by atoms with E-state index in [2.05, 4.69) is 4.98 Å². The Hall–Kier alpha value is -3.12. The van der Waals surface area contributed by atoms with Gasteiger partial charge in [-0.05, 0) is 18.2 Å². The van der Waals surface area contributed by atoms with Crippen LogP contribution in [0.4, 0.5) is 5.69 Å². The van der Waals surface area contributed by atoms with Crippen molar-refractivity contribution in [3.8, 4) is 11.5 Å². The van der Waals surface area contributed by atoms with Crippen molar-refractivity contribution in [1.82, 2.24) is 4.98 Å². The van der Waals surface area contributed by atoms with E-state index in [-0.39, 0.29) is 0 Å². The second-order valence-corrected chi connectivity index (χ2v) is 5.24. The highest BCUT2D eigenvalue weighted by molar-refractivity contribution is 5.97. The van der Waals surface area contributed by atoms with Gasteiger partial charge in [0.1, 0.15) is 11.5 Å². The summed E-state index contributed by atoms with van der Waals surface area (Å²) in [5.74, 6) is 0.573. The van der Waals surface area contributed by atoms with E-state index < -0.39 is 12.0 Å². The number of nitrogens with zero attached hydrogens (tertiary/aromatic N) is 1. The zero-order chi connectivity index (χ0) is 17.1. The maximum Gasteiger partial charge on any atom is 0.252 e. The molecule has 3 rings (SSSR count). The van der Waals surface area contributed by atoms with E-state index >= 15 is 0 Å². The fourth-order valence-corrected chi connectivity index (χ4v) is 2.53. The fraction of sp³-hybridized carbons (Fsp3) is 0.111. The number of hydrogen-bond donors (Lipinski definition) is 2. The number of primary amides is 1. The molecular formula is C18H17N3O3. The quantitative estimate of drug-likeness (QED) is 0.703. The van der Waals surface area contributed by atoms with E-state index in [1.54, 1.807) is 30.5 Å². The lowest BCUT2D eigenvalue weighted by atomic mass is 10.1. The van der Waals surface area contributed by atoms with Crippen LogP contribution in [0.5, 0.6) is 11.5 Å². The van der Waals surface area contributed by atoms with Crippen LogP contribution in [0.15, 0.2) is 54.7 Å². The number of carbonyl (C=O) groups excluding carboxylic acids is 1. The van der Waals surface area contributed by atoms with Crippen molar-refractivity contribution in [2.75, 3.05) is 12.8 Å². The van der Waals surface area contributed by atoms with Gasteiger partial charge in [0.2, 0.25) is 0 Å². The minimum absolute atomic E-state index is 0.391. The van der Waals surface area contributed by atoms with E-state index in [4.69, 9.17) is 20.9 Å². The molecule has 122 valence electrons. The predicted molar refractivity (Wildman–Crippen MR) is 91.6 cm³/mol. The maximum absolute atomic E-state index is 11.4. The molecule has 0 saturated carbocycles. The van der Waals surface area contributed by atoms with E-state index in [9.17, 15) is 4.79 Å². The molecule has 1 unspecified atom stereocenters. The molecular weight excluding hydrogens is 306 g/mol. The van der Waals surface area contributed by atoms with Crippen LogP contribution in [0.2, 0.25) is 0 Å². The van der Waals surface area contributed by atoms with Crippen LogP contribution in [0.3, 0.4) is 0 Å². The van der Waals surface area contributed by atoms with E-state index in [0.717, 1.165) is 10.8 Å². The summed E-state index contributed by atoms with van der Waals surface area (Å²) in [5.41, 5.74) is 12.4. The van der Waals surface area contributed by atoms with Crippen molar-refractivity contribution < 1.29 is 14.3 Å². The van der Waals surface area contributed by atoms with Gasteiger partial charge in [0.15, 0.2) is 6.10 Å². The summed E-state index contributed by atoms with van der Waals surface area (Å²) in [6.07, 6.45) is 0.621. The number of pyridine rings is 1. The second kappa shape index (κ2) is 6.55. The van der Waals surface area contributed by atoms with Gasteiger partial charge in [-0.2, -0.15) is 0 Å². The van der Waals surface area contributed by atoms with Gasteiger partial charge in [-0.15, -0.1) is 0 Å². The largest absolute Gasteiger partial charge is 0.457 e. The average Bonchev–Trinajstić information content (AvgIpc) is 2.58. The Morgan fingerprint density at radius 2 is 1.88 bits per heavy atom. The van der Waals surface area contributed by atoms with Crippen LogP contribution in [-0.4, -0.2) is 18.0 Å². The molecule has 0 fully saturated rings. The number of amides is 1. The zero-order valence-electron chi connectivity index (χ0n) is 13.1. The lowest BCUT2D eigenvalue weighted by molar-refractivity contribution is -0.128. The Balaban J connectivity index is 1.98. The predicted octanol–water partition coefficient (Wildman–Crippen LogP) is 2.78. The fourth-order valence-electron chi connectivity index (χ4n) is 2.53. The van der Waals surface area contributed by atoms with Crippen LogP contribution >= 0.6 is 0 Å². The standard InChI is InChI=1S/C18H17N3O3/c1-23-17(18(20)22)15-10-11(8-9-21-15)24-16-7-6-14(19)12-4-2-3-5-13(12)16/h2-10,17H,19H2,1H3,(H2,20,22). The lowest BCUT2D eigenvalue weighted by Gasteiger charge is -2.13. The van der Waals surface area contributed by atoms with Crippen LogP contribution in [0, 0.1) is 0 Å². The zero-order valence-corrected chi connectivity index (χ0v) is 13.1. The topological polar surface area (TPSA) is 100 Å². The van der Waals surface area contributed by atoms with Crippen molar-refractivity contribution in [2.24, 2.45) is 5.73 Å². The first-order valence-corrected chi connectivity index (χ1v) is 7.33. The van der Waals surface area contributed by atoms with Gasteiger partial charge in [0.25, 0.3) is 5.91 Å². The Labute approximate surface area is 139 Å². The molecule has 0 saturated heterocycles. The number of aromatic nitrogens is 1. The van der Waals surface area contributed by atoms with Gasteiger partial charge in [0, 0.05) is 35.8 Å². The average molecular weight is 323 g/mol. The Kier molecular flexibility index (Phi) is 4.31. The third-order valence-corrected chi connectivity index (χ3v) is 3.66. The van der Waals surface area contributed by atoms with Gasteiger partial charge >= 0.3 is 0 Å². The minimum atomic E-state index is -0.920. The number of fused-ring (bicyclic) bond motifs is 1. The summed E-state index contributed by atoms with van der Waals surface area (Å²) in [4.78, 5) is 15.5. The first-order valence-electron chi connectivity index (χ1n) is 7.33. The molecule has 0 aliphatic carbocycles. The molecule has 0 aliphatic rings. The number of hydrogen-bond acceptors (Lipinski definition) is 5. The van der Waals surface area contributed by atoms with Crippen LogP contribution in [0.1, 0.15) is 11.8 Å². The number of methoxy groups -OCH3 is 1. The molecule has 24 heavy (non-hydrogen) atoms. The number of ether oxygens (including phenoxy) is 2. The van der Waals surface area contributed by atoms with Crippen molar-refractivity contribution >= 4 is 22.4 Å². The normalized spacial score (nSPS) is 12.0. The molecule has 1 amide bonds. The molecule has 6 nitrogen and oxygen atoms in total. The van der Waals surface area contributed by atoms with Crippen molar-refractivity contribution in [1.29, 1.82) is 0 Å². The number of anilines is 1. The molecule has 6 heteroatoms. The summed E-state index contributed by atoms with van der Waals surface area (Å²) in [7, 11) is 1.40. The molecule has 4 N–H and O–H groups in total. The number of benzene rings is 2. The number of rotatable bonds is 5. The summed E-state index contributed by atoms with van der Waals surface area (Å²) < 4.78 is 11.0. The number of carbonyl (C=O) groups is 1. The van der Waals surface area contributed by atoms with Gasteiger partial charge in [-0.1, -0.05) is 24.3 Å². The molecule has 1 heterocycles. The molecule has 0 spiro atoms. The Bertz CT molecular complexity index is 896. The Morgan fingerprint density at radius 3 is 2.58 bits per heavy atom. The summed E-state index contributed by atoms with van der Waals surface area (Å²) in [5, 5.41) is 1.81.